The van der Waals surface area contributed by atoms with E-state index >= 15 is 0 Å². The van der Waals surface area contributed by atoms with Crippen molar-refractivity contribution < 1.29 is 4.79 Å². The number of alkyl halides is 1. The summed E-state index contributed by atoms with van der Waals surface area (Å²) in [5, 5.41) is 3.06. The molecule has 0 saturated carbocycles. The van der Waals surface area contributed by atoms with Crippen molar-refractivity contribution >= 4 is 21.8 Å². The molecule has 0 radical (unpaired) electrons. The lowest BCUT2D eigenvalue weighted by Crippen LogP contribution is -2.24. The number of halogens is 1. The van der Waals surface area contributed by atoms with E-state index in [0.29, 0.717) is 11.9 Å². The quantitative estimate of drug-likeness (QED) is 0.815. The first-order chi connectivity index (χ1) is 6.22. The summed E-state index contributed by atoms with van der Waals surface area (Å²) in [7, 11) is 0. The molecule has 1 aromatic rings. The Morgan fingerprint density at radius 2 is 2.38 bits per heavy atom. The number of rotatable bonds is 3. The van der Waals surface area contributed by atoms with Gasteiger partial charge in [0.2, 0.25) is 5.91 Å². The van der Waals surface area contributed by atoms with Gasteiger partial charge in [0.05, 0.1) is 17.6 Å². The van der Waals surface area contributed by atoms with Crippen molar-refractivity contribution in [2.75, 3.05) is 5.33 Å². The second-order valence-electron chi connectivity index (χ2n) is 2.68. The number of carbonyl (C=O) groups is 1. The van der Waals surface area contributed by atoms with Gasteiger partial charge < -0.3 is 5.32 Å². The molecule has 1 amide bonds. The summed E-state index contributed by atoms with van der Waals surface area (Å²) in [5.41, 5.74) is 1.85. The number of aryl methyl sites for hydroxylation is 1. The zero-order chi connectivity index (χ0) is 9.68. The lowest BCUT2D eigenvalue weighted by atomic mass is 10.3. The van der Waals surface area contributed by atoms with Crippen molar-refractivity contribution in [3.63, 3.8) is 0 Å². The van der Waals surface area contributed by atoms with Crippen LogP contribution >= 0.6 is 15.9 Å². The standard InChI is InChI=1S/C9H11BrN2O/c1-7-3-2-4-8(12-7)6-11-9(13)5-10/h2-4H,5-6H2,1H3,(H,11,13). The highest BCUT2D eigenvalue weighted by Gasteiger charge is 1.98. The lowest BCUT2D eigenvalue weighted by Gasteiger charge is -2.02. The number of hydrogen-bond donors (Lipinski definition) is 1. The minimum absolute atomic E-state index is 0.0247. The fraction of sp³-hybridized carbons (Fsp3) is 0.333. The normalized spacial score (nSPS) is 9.69. The van der Waals surface area contributed by atoms with Crippen LogP contribution in [0.2, 0.25) is 0 Å². The Morgan fingerprint density at radius 3 is 3.00 bits per heavy atom. The molecule has 0 fully saturated rings. The predicted octanol–water partition coefficient (Wildman–Crippen LogP) is 1.40. The highest BCUT2D eigenvalue weighted by atomic mass is 79.9. The van der Waals surface area contributed by atoms with E-state index < -0.39 is 0 Å². The van der Waals surface area contributed by atoms with Crippen molar-refractivity contribution in [2.24, 2.45) is 0 Å². The summed E-state index contributed by atoms with van der Waals surface area (Å²) in [6.07, 6.45) is 0. The molecule has 13 heavy (non-hydrogen) atoms. The molecule has 0 aliphatic heterocycles. The Balaban J connectivity index is 2.50. The van der Waals surface area contributed by atoms with Gasteiger partial charge in [-0.2, -0.15) is 0 Å². The van der Waals surface area contributed by atoms with Crippen LogP contribution in [0.4, 0.5) is 0 Å². The van der Waals surface area contributed by atoms with Gasteiger partial charge in [0.15, 0.2) is 0 Å². The van der Waals surface area contributed by atoms with Gasteiger partial charge in [-0.25, -0.2) is 0 Å². The minimum Gasteiger partial charge on any atom is -0.350 e. The molecule has 0 atom stereocenters. The summed E-state index contributed by atoms with van der Waals surface area (Å²) in [4.78, 5) is 15.1. The van der Waals surface area contributed by atoms with E-state index in [1.165, 1.54) is 0 Å². The van der Waals surface area contributed by atoms with E-state index in [1.807, 2.05) is 25.1 Å². The Morgan fingerprint density at radius 1 is 1.62 bits per heavy atom. The van der Waals surface area contributed by atoms with E-state index in [1.54, 1.807) is 0 Å². The molecule has 1 heterocycles. The van der Waals surface area contributed by atoms with Crippen molar-refractivity contribution in [3.8, 4) is 0 Å². The predicted molar refractivity (Wildman–Crippen MR) is 54.6 cm³/mol. The van der Waals surface area contributed by atoms with Gasteiger partial charge in [-0.3, -0.25) is 9.78 Å². The molecule has 0 aliphatic rings. The number of amides is 1. The summed E-state index contributed by atoms with van der Waals surface area (Å²) in [5.74, 6) is -0.0247. The first-order valence-electron chi connectivity index (χ1n) is 3.97. The second kappa shape index (κ2) is 4.97. The number of carbonyl (C=O) groups excluding carboxylic acids is 1. The highest BCUT2D eigenvalue weighted by Crippen LogP contribution is 1.97. The largest absolute Gasteiger partial charge is 0.350 e. The zero-order valence-corrected chi connectivity index (χ0v) is 8.97. The van der Waals surface area contributed by atoms with E-state index in [9.17, 15) is 4.79 Å². The third kappa shape index (κ3) is 3.55. The average molecular weight is 243 g/mol. The molecule has 0 aromatic carbocycles. The number of pyridine rings is 1. The topological polar surface area (TPSA) is 42.0 Å². The molecular weight excluding hydrogens is 232 g/mol. The average Bonchev–Trinajstić information content (AvgIpc) is 2.14. The number of nitrogens with one attached hydrogen (secondary N) is 1. The number of nitrogens with zero attached hydrogens (tertiary/aromatic N) is 1. The minimum atomic E-state index is -0.0247. The molecule has 1 N–H and O–H groups in total. The molecule has 4 heteroatoms. The van der Waals surface area contributed by atoms with Crippen LogP contribution in [0.3, 0.4) is 0 Å². The maximum atomic E-state index is 10.9. The molecule has 1 rings (SSSR count). The third-order valence-electron chi connectivity index (χ3n) is 1.53. The van der Waals surface area contributed by atoms with Gasteiger partial charge in [0.25, 0.3) is 0 Å². The van der Waals surface area contributed by atoms with Gasteiger partial charge in [0.1, 0.15) is 0 Å². The molecule has 0 spiro atoms. The van der Waals surface area contributed by atoms with Crippen LogP contribution in [0.1, 0.15) is 11.4 Å². The van der Waals surface area contributed by atoms with Crippen molar-refractivity contribution in [1.82, 2.24) is 10.3 Å². The van der Waals surface area contributed by atoms with E-state index in [-0.39, 0.29) is 5.91 Å². The summed E-state index contributed by atoms with van der Waals surface area (Å²) < 4.78 is 0. The fourth-order valence-electron chi connectivity index (χ4n) is 0.934. The van der Waals surface area contributed by atoms with E-state index in [4.69, 9.17) is 0 Å². The van der Waals surface area contributed by atoms with Crippen LogP contribution < -0.4 is 5.32 Å². The first-order valence-corrected chi connectivity index (χ1v) is 5.09. The molecule has 0 bridgehead atoms. The monoisotopic (exact) mass is 242 g/mol. The van der Waals surface area contributed by atoms with Crippen molar-refractivity contribution in [3.05, 3.63) is 29.6 Å². The lowest BCUT2D eigenvalue weighted by molar-refractivity contribution is -0.118. The number of aromatic nitrogens is 1. The van der Waals surface area contributed by atoms with Gasteiger partial charge in [-0.15, -0.1) is 0 Å². The van der Waals surface area contributed by atoms with Gasteiger partial charge >= 0.3 is 0 Å². The molecule has 0 saturated heterocycles. The number of hydrogen-bond acceptors (Lipinski definition) is 2. The van der Waals surface area contributed by atoms with Gasteiger partial charge in [-0.1, -0.05) is 22.0 Å². The maximum Gasteiger partial charge on any atom is 0.230 e. The van der Waals surface area contributed by atoms with E-state index in [2.05, 4.69) is 26.2 Å². The van der Waals surface area contributed by atoms with Crippen LogP contribution in [0, 0.1) is 6.92 Å². The van der Waals surface area contributed by atoms with Crippen LogP contribution in [0.25, 0.3) is 0 Å². The van der Waals surface area contributed by atoms with E-state index in [0.717, 1.165) is 11.4 Å². The Kier molecular flexibility index (Phi) is 3.89. The third-order valence-corrected chi connectivity index (χ3v) is 2.04. The highest BCUT2D eigenvalue weighted by molar-refractivity contribution is 9.09. The molecule has 0 unspecified atom stereocenters. The van der Waals surface area contributed by atoms with Gasteiger partial charge in [-0.05, 0) is 19.1 Å². The Labute approximate surface area is 85.7 Å². The Hall–Kier alpha value is -0.900. The fourth-order valence-corrected chi connectivity index (χ4v) is 1.13. The van der Waals surface area contributed by atoms with Gasteiger partial charge in [0, 0.05) is 5.69 Å². The van der Waals surface area contributed by atoms with Crippen LogP contribution in [-0.4, -0.2) is 16.2 Å². The second-order valence-corrected chi connectivity index (χ2v) is 3.24. The SMILES string of the molecule is Cc1cccc(CNC(=O)CBr)n1. The molecule has 70 valence electrons. The van der Waals surface area contributed by atoms with Crippen molar-refractivity contribution in [2.45, 2.75) is 13.5 Å². The molecule has 0 aliphatic carbocycles. The molecule has 3 nitrogen and oxygen atoms in total. The summed E-state index contributed by atoms with van der Waals surface area (Å²) in [6.45, 7) is 2.42. The van der Waals surface area contributed by atoms with Crippen LogP contribution in [0.5, 0.6) is 0 Å². The Bertz CT molecular complexity index is 301. The van der Waals surface area contributed by atoms with Crippen molar-refractivity contribution in [1.29, 1.82) is 0 Å². The summed E-state index contributed by atoms with van der Waals surface area (Å²) >= 11 is 3.07. The van der Waals surface area contributed by atoms with Crippen LogP contribution in [-0.2, 0) is 11.3 Å². The van der Waals surface area contributed by atoms with Crippen LogP contribution in [0.15, 0.2) is 18.2 Å². The smallest absolute Gasteiger partial charge is 0.230 e. The summed E-state index contributed by atoms with van der Waals surface area (Å²) in [6, 6.07) is 5.75. The first kappa shape index (κ1) is 10.2. The maximum absolute atomic E-state index is 10.9. The molecule has 1 aromatic heterocycles. The molecular formula is C9H11BrN2O. The zero-order valence-electron chi connectivity index (χ0n) is 7.38.